The molecule has 19 heavy (non-hydrogen) atoms. The van der Waals surface area contributed by atoms with Gasteiger partial charge in [0.1, 0.15) is 0 Å². The van der Waals surface area contributed by atoms with Crippen LogP contribution in [0, 0.1) is 0 Å². The van der Waals surface area contributed by atoms with Gasteiger partial charge in [0.05, 0.1) is 19.8 Å². The average Bonchev–Trinajstić information content (AvgIpc) is 2.35. The molecule has 0 saturated heterocycles. The topological polar surface area (TPSA) is 134 Å². The van der Waals surface area contributed by atoms with Gasteiger partial charge in [0.15, 0.2) is 6.29 Å². The van der Waals surface area contributed by atoms with E-state index in [2.05, 4.69) is 4.74 Å². The maximum Gasteiger partial charge on any atom is 0.303 e. The molecule has 0 fully saturated rings. The second-order valence-electron chi connectivity index (χ2n) is 3.48. The molecule has 0 spiro atoms. The molecule has 0 saturated carbocycles. The Bertz CT molecular complexity index is 215. The van der Waals surface area contributed by atoms with Crippen LogP contribution >= 0.6 is 0 Å². The number of hydrogen-bond donors (Lipinski definition) is 4. The fraction of sp³-hybridized carbons (Fsp3) is 0.818. The van der Waals surface area contributed by atoms with E-state index in [1.165, 1.54) is 7.11 Å². The minimum atomic E-state index is -0.878. The van der Waals surface area contributed by atoms with E-state index in [1.54, 1.807) is 0 Å². The van der Waals surface area contributed by atoms with Crippen molar-refractivity contribution in [3.05, 3.63) is 0 Å². The minimum Gasteiger partial charge on any atom is -0.481 e. The molecular formula is C11H22O8. The van der Waals surface area contributed by atoms with Crippen LogP contribution in [0.5, 0.6) is 0 Å². The Morgan fingerprint density at radius 1 is 1.11 bits per heavy atom. The Hall–Kier alpha value is -1.22. The number of aliphatic hydroxyl groups excluding tert-OH is 2. The maximum absolute atomic E-state index is 9.90. The molecule has 8 heteroatoms. The number of aliphatic carboxylic acids is 2. The molecule has 0 aromatic carbocycles. The molecule has 0 aromatic rings. The van der Waals surface area contributed by atoms with E-state index in [-0.39, 0.29) is 32.7 Å². The van der Waals surface area contributed by atoms with Gasteiger partial charge in [-0.3, -0.25) is 9.59 Å². The lowest BCUT2D eigenvalue weighted by molar-refractivity contribution is -0.139. The monoisotopic (exact) mass is 282 g/mol. The molecule has 4 N–H and O–H groups in total. The van der Waals surface area contributed by atoms with Crippen molar-refractivity contribution in [2.24, 2.45) is 0 Å². The summed E-state index contributed by atoms with van der Waals surface area (Å²) >= 11 is 0. The van der Waals surface area contributed by atoms with Crippen molar-refractivity contribution < 1.29 is 39.5 Å². The van der Waals surface area contributed by atoms with E-state index in [9.17, 15) is 9.59 Å². The molecule has 1 atom stereocenters. The summed E-state index contributed by atoms with van der Waals surface area (Å²) in [7, 11) is 1.38. The highest BCUT2D eigenvalue weighted by Crippen LogP contribution is 1.98. The maximum atomic E-state index is 9.90. The first kappa shape index (κ1) is 20.1. The van der Waals surface area contributed by atoms with Gasteiger partial charge >= 0.3 is 11.9 Å². The van der Waals surface area contributed by atoms with Crippen molar-refractivity contribution in [3.63, 3.8) is 0 Å². The van der Waals surface area contributed by atoms with Crippen LogP contribution in [0.2, 0.25) is 0 Å². The van der Waals surface area contributed by atoms with Crippen LogP contribution in [0.15, 0.2) is 0 Å². The third kappa shape index (κ3) is 22.4. The second-order valence-corrected chi connectivity index (χ2v) is 3.48. The number of carboxylic acid groups (broad SMARTS) is 2. The van der Waals surface area contributed by atoms with Gasteiger partial charge in [-0.15, -0.1) is 0 Å². The number of methoxy groups -OCH3 is 1. The number of carbonyl (C=O) groups is 2. The van der Waals surface area contributed by atoms with Crippen LogP contribution in [0.25, 0.3) is 0 Å². The predicted molar refractivity (Wildman–Crippen MR) is 64.7 cm³/mol. The van der Waals surface area contributed by atoms with E-state index in [1.807, 2.05) is 0 Å². The molecule has 0 heterocycles. The number of hydrogen-bond acceptors (Lipinski definition) is 6. The number of unbranched alkanes of at least 4 members (excludes halogenated alkanes) is 1. The summed E-state index contributed by atoms with van der Waals surface area (Å²) in [5.41, 5.74) is 0. The summed E-state index contributed by atoms with van der Waals surface area (Å²) in [6, 6.07) is 0. The van der Waals surface area contributed by atoms with Crippen molar-refractivity contribution in [1.82, 2.24) is 0 Å². The van der Waals surface area contributed by atoms with E-state index < -0.39 is 18.2 Å². The van der Waals surface area contributed by atoms with Crippen molar-refractivity contribution >= 4 is 11.9 Å². The normalized spacial score (nSPS) is 11.3. The van der Waals surface area contributed by atoms with Crippen molar-refractivity contribution in [2.75, 3.05) is 26.9 Å². The smallest absolute Gasteiger partial charge is 0.303 e. The van der Waals surface area contributed by atoms with Crippen LogP contribution < -0.4 is 0 Å². The van der Waals surface area contributed by atoms with Crippen LogP contribution in [-0.2, 0) is 19.1 Å². The van der Waals surface area contributed by atoms with Crippen LogP contribution in [0.4, 0.5) is 0 Å². The summed E-state index contributed by atoms with van der Waals surface area (Å²) in [4.78, 5) is 19.8. The van der Waals surface area contributed by atoms with E-state index in [4.69, 9.17) is 25.2 Å². The summed E-state index contributed by atoms with van der Waals surface area (Å²) < 4.78 is 9.16. The van der Waals surface area contributed by atoms with E-state index in [0.29, 0.717) is 12.8 Å². The van der Waals surface area contributed by atoms with Gasteiger partial charge in [-0.2, -0.15) is 0 Å². The van der Waals surface area contributed by atoms with Crippen LogP contribution in [-0.4, -0.2) is 65.6 Å². The Morgan fingerprint density at radius 2 is 1.58 bits per heavy atom. The lowest BCUT2D eigenvalue weighted by atomic mass is 10.2. The van der Waals surface area contributed by atoms with Crippen LogP contribution in [0.1, 0.15) is 25.7 Å². The summed E-state index contributed by atoms with van der Waals surface area (Å²) in [5.74, 6) is -1.74. The molecule has 0 aromatic heterocycles. The summed E-state index contributed by atoms with van der Waals surface area (Å²) in [5, 5.41) is 33.1. The fourth-order valence-corrected chi connectivity index (χ4v) is 0.869. The molecule has 1 unspecified atom stereocenters. The predicted octanol–water partition coefficient (Wildman–Crippen LogP) is -0.324. The van der Waals surface area contributed by atoms with Crippen molar-refractivity contribution in [3.8, 4) is 0 Å². The van der Waals surface area contributed by atoms with Gasteiger partial charge in [0.2, 0.25) is 0 Å². The Kier molecular flexibility index (Phi) is 15.7. The van der Waals surface area contributed by atoms with Gasteiger partial charge in [-0.1, -0.05) is 0 Å². The average molecular weight is 282 g/mol. The Labute approximate surface area is 111 Å². The molecular weight excluding hydrogens is 260 g/mol. The zero-order chi connectivity index (χ0) is 15.1. The second kappa shape index (κ2) is 14.8. The van der Waals surface area contributed by atoms with E-state index in [0.717, 1.165) is 0 Å². The summed E-state index contributed by atoms with van der Waals surface area (Å²) in [6.07, 6.45) is 0.139. The number of carboxylic acids is 2. The fourth-order valence-electron chi connectivity index (χ4n) is 0.869. The molecule has 114 valence electrons. The Balaban J connectivity index is 0. The molecule has 0 radical (unpaired) electrons. The zero-order valence-electron chi connectivity index (χ0n) is 10.9. The van der Waals surface area contributed by atoms with Crippen molar-refractivity contribution in [2.45, 2.75) is 32.0 Å². The first-order chi connectivity index (χ1) is 8.93. The third-order valence-electron chi connectivity index (χ3n) is 1.80. The number of aliphatic hydroxyl groups is 2. The highest BCUT2D eigenvalue weighted by atomic mass is 16.6. The van der Waals surface area contributed by atoms with Gasteiger partial charge in [0, 0.05) is 20.0 Å². The standard InChI is InChI=1S/C6H10O4.C5H12O4/c7-5(8)3-1-2-4-6(9)10;1-8-5(7)4-9-3-2-6/h1-4H2,(H,7,8)(H,9,10);5-7H,2-4H2,1H3. The molecule has 0 aliphatic carbocycles. The SMILES string of the molecule is COC(O)COCCO.O=C(O)CCCCC(=O)O. The van der Waals surface area contributed by atoms with Crippen LogP contribution in [0.3, 0.4) is 0 Å². The Morgan fingerprint density at radius 3 is 1.89 bits per heavy atom. The van der Waals surface area contributed by atoms with Gasteiger partial charge in [-0.05, 0) is 12.8 Å². The largest absolute Gasteiger partial charge is 0.481 e. The molecule has 8 nitrogen and oxygen atoms in total. The minimum absolute atomic E-state index is 0.0313. The zero-order valence-corrected chi connectivity index (χ0v) is 10.9. The number of ether oxygens (including phenoxy) is 2. The molecule has 0 amide bonds. The van der Waals surface area contributed by atoms with Gasteiger partial charge in [0.25, 0.3) is 0 Å². The number of rotatable bonds is 10. The molecule has 0 bridgehead atoms. The van der Waals surface area contributed by atoms with Gasteiger partial charge in [-0.25, -0.2) is 0 Å². The first-order valence-electron chi connectivity index (χ1n) is 5.77. The highest BCUT2D eigenvalue weighted by molar-refractivity contribution is 5.67. The lowest BCUT2D eigenvalue weighted by Gasteiger charge is -2.06. The quantitative estimate of drug-likeness (QED) is 0.316. The summed E-state index contributed by atoms with van der Waals surface area (Å²) in [6.45, 7) is 0.313. The lowest BCUT2D eigenvalue weighted by Crippen LogP contribution is -2.18. The third-order valence-corrected chi connectivity index (χ3v) is 1.80. The van der Waals surface area contributed by atoms with Crippen molar-refractivity contribution in [1.29, 1.82) is 0 Å². The van der Waals surface area contributed by atoms with Gasteiger partial charge < -0.3 is 29.9 Å². The highest BCUT2D eigenvalue weighted by Gasteiger charge is 1.99. The molecule has 0 aliphatic heterocycles. The van der Waals surface area contributed by atoms with E-state index >= 15 is 0 Å². The molecule has 0 rings (SSSR count). The molecule has 0 aliphatic rings. The first-order valence-corrected chi connectivity index (χ1v) is 5.77.